The molecule has 2 saturated heterocycles. The van der Waals surface area contributed by atoms with Crippen LogP contribution in [-0.2, 0) is 43.0 Å². The predicted octanol–water partition coefficient (Wildman–Crippen LogP) is 6.55. The van der Waals surface area contributed by atoms with E-state index < -0.39 is 19.1 Å². The Balaban J connectivity index is 0.000000157. The summed E-state index contributed by atoms with van der Waals surface area (Å²) < 4.78 is 44.3. The molecule has 2 aliphatic heterocycles. The van der Waals surface area contributed by atoms with Gasteiger partial charge in [-0.1, -0.05) is 98.8 Å². The Morgan fingerprint density at radius 1 is 0.647 bits per heavy atom. The topological polar surface area (TPSA) is 113 Å². The van der Waals surface area contributed by atoms with Gasteiger partial charge in [0.2, 0.25) is 19.1 Å². The Morgan fingerprint density at radius 2 is 1.04 bits per heavy atom. The number of anilines is 2. The quantitative estimate of drug-likeness (QED) is 0.155. The first-order valence-corrected chi connectivity index (χ1v) is 22.0. The smallest absolute Gasteiger partial charge is 0.229 e. The molecule has 2 aliphatic carbocycles. The van der Waals surface area contributed by atoms with Crippen LogP contribution in [0, 0.1) is 23.7 Å². The molecule has 4 aromatic rings. The van der Waals surface area contributed by atoms with Gasteiger partial charge in [0.05, 0.1) is 12.5 Å². The summed E-state index contributed by atoms with van der Waals surface area (Å²) in [4.78, 5) is 5.13. The number of piperidine rings is 2. The molecule has 8 rings (SSSR count). The van der Waals surface area contributed by atoms with Crippen molar-refractivity contribution in [3.63, 3.8) is 0 Å². The molecule has 3 N–H and O–H groups in total. The molecule has 4 aliphatic rings. The van der Waals surface area contributed by atoms with Gasteiger partial charge in [-0.3, -0.25) is 14.5 Å². The SMILES string of the molecule is CC1(c2cccc(N)c2)C2CN(Cc3ccccc3)CC21.CC1(c2cccc(NS(C)(=O)=O)c2)C2CN(Cc3ccccc3)CC21.CS(=O)(=O)Cl. The van der Waals surface area contributed by atoms with Gasteiger partial charge < -0.3 is 5.73 Å². The number of nitrogens with two attached hydrogens (primary N) is 1. The van der Waals surface area contributed by atoms with Gasteiger partial charge in [0.1, 0.15) is 0 Å². The third-order valence-electron chi connectivity index (χ3n) is 11.4. The van der Waals surface area contributed by atoms with E-state index in [1.54, 1.807) is 0 Å². The maximum absolute atomic E-state index is 11.5. The summed E-state index contributed by atoms with van der Waals surface area (Å²) in [6.45, 7) is 11.5. The summed E-state index contributed by atoms with van der Waals surface area (Å²) in [5.74, 6) is 2.90. The summed E-state index contributed by atoms with van der Waals surface area (Å²) >= 11 is 0. The zero-order valence-electron chi connectivity index (χ0n) is 29.7. The van der Waals surface area contributed by atoms with Crippen molar-refractivity contribution in [2.75, 3.05) is 49.1 Å². The number of sulfonamides is 1. The summed E-state index contributed by atoms with van der Waals surface area (Å²) in [7, 11) is -1.93. The zero-order chi connectivity index (χ0) is 36.6. The lowest BCUT2D eigenvalue weighted by molar-refractivity contribution is 0.270. The molecule has 0 radical (unpaired) electrons. The minimum Gasteiger partial charge on any atom is -0.399 e. The summed E-state index contributed by atoms with van der Waals surface area (Å²) in [5, 5.41) is 0. The number of likely N-dealkylation sites (tertiary alicyclic amines) is 2. The van der Waals surface area contributed by atoms with Crippen LogP contribution in [0.25, 0.3) is 0 Å². The third-order valence-corrected chi connectivity index (χ3v) is 12.1. The highest BCUT2D eigenvalue weighted by Crippen LogP contribution is 2.64. The van der Waals surface area contributed by atoms with Crippen LogP contribution in [-0.4, -0.2) is 65.3 Å². The molecule has 0 aromatic heterocycles. The monoisotopic (exact) mass is 748 g/mol. The Morgan fingerprint density at radius 3 is 1.43 bits per heavy atom. The predicted molar refractivity (Wildman–Crippen MR) is 209 cm³/mol. The van der Waals surface area contributed by atoms with E-state index in [0.29, 0.717) is 22.9 Å². The summed E-state index contributed by atoms with van der Waals surface area (Å²) in [6.07, 6.45) is 2.11. The molecule has 2 heterocycles. The number of fused-ring (bicyclic) bond motifs is 2. The van der Waals surface area contributed by atoms with E-state index in [4.69, 9.17) is 5.73 Å². The molecule has 4 aromatic carbocycles. The number of benzene rings is 4. The molecular weight excluding hydrogens is 700 g/mol. The van der Waals surface area contributed by atoms with E-state index in [1.807, 2.05) is 24.3 Å². The Bertz CT molecular complexity index is 2010. The van der Waals surface area contributed by atoms with Gasteiger partial charge in [0.25, 0.3) is 0 Å². The number of nitrogens with zero attached hydrogens (tertiary/aromatic N) is 2. The van der Waals surface area contributed by atoms with Crippen molar-refractivity contribution in [3.8, 4) is 0 Å². The molecule has 51 heavy (non-hydrogen) atoms. The minimum atomic E-state index is -3.24. The Kier molecular flexibility index (Phi) is 10.7. The van der Waals surface area contributed by atoms with Gasteiger partial charge in [0, 0.05) is 72.2 Å². The van der Waals surface area contributed by atoms with Crippen molar-refractivity contribution >= 4 is 41.1 Å². The van der Waals surface area contributed by atoms with Gasteiger partial charge in [-0.25, -0.2) is 16.8 Å². The molecule has 272 valence electrons. The second-order valence-corrected chi connectivity index (χ2v) is 19.9. The lowest BCUT2D eigenvalue weighted by atomic mass is 9.92. The van der Waals surface area contributed by atoms with Gasteiger partial charge in [-0.2, -0.15) is 0 Å². The second-order valence-electron chi connectivity index (χ2n) is 15.1. The van der Waals surface area contributed by atoms with E-state index in [0.717, 1.165) is 50.0 Å². The van der Waals surface area contributed by atoms with Crippen LogP contribution in [0.5, 0.6) is 0 Å². The highest BCUT2D eigenvalue weighted by atomic mass is 35.7. The number of hydrogen-bond donors (Lipinski definition) is 2. The average molecular weight is 749 g/mol. The van der Waals surface area contributed by atoms with Crippen molar-refractivity contribution in [2.45, 2.75) is 37.8 Å². The van der Waals surface area contributed by atoms with Crippen molar-refractivity contribution in [3.05, 3.63) is 131 Å². The molecule has 8 nitrogen and oxygen atoms in total. The molecular formula is C40H49ClN4O4S2. The third kappa shape index (κ3) is 8.98. The highest BCUT2D eigenvalue weighted by molar-refractivity contribution is 8.13. The molecule has 4 unspecified atom stereocenters. The number of rotatable bonds is 8. The van der Waals surface area contributed by atoms with Crippen LogP contribution < -0.4 is 10.5 Å². The van der Waals surface area contributed by atoms with Crippen molar-refractivity contribution in [2.24, 2.45) is 23.7 Å². The number of nitrogens with one attached hydrogen (secondary N) is 1. The fourth-order valence-electron chi connectivity index (χ4n) is 8.73. The average Bonchev–Trinajstić information content (AvgIpc) is 3.55. The van der Waals surface area contributed by atoms with Crippen LogP contribution in [0.3, 0.4) is 0 Å². The highest BCUT2D eigenvalue weighted by Gasteiger charge is 2.66. The molecule has 4 atom stereocenters. The molecule has 4 fully saturated rings. The van der Waals surface area contributed by atoms with Crippen LogP contribution in [0.4, 0.5) is 11.4 Å². The van der Waals surface area contributed by atoms with E-state index in [1.165, 1.54) is 41.6 Å². The number of nitrogen functional groups attached to an aromatic ring is 1. The Labute approximate surface area is 308 Å². The van der Waals surface area contributed by atoms with Crippen LogP contribution in [0.2, 0.25) is 0 Å². The first-order valence-electron chi connectivity index (χ1n) is 17.4. The van der Waals surface area contributed by atoms with Gasteiger partial charge in [0.15, 0.2) is 0 Å². The standard InChI is InChI=1S/C20H24N2O2S.C19H22N2.CH3ClO2S/c1-20(16-9-6-10-17(11-16)21-25(2,23)24)18-13-22(14-19(18)20)12-15-7-4-3-5-8-15;1-19(15-8-5-9-16(20)10-15)17-12-21(13-18(17)19)11-14-6-3-2-4-7-14;1-5(2,3)4/h3-11,18-19,21H,12-14H2,1-2H3;2-10,17-18H,11-13,20H2,1H3;1H3. The van der Waals surface area contributed by atoms with E-state index >= 15 is 0 Å². The lowest BCUT2D eigenvalue weighted by Gasteiger charge is -2.25. The molecule has 0 amide bonds. The summed E-state index contributed by atoms with van der Waals surface area (Å²) in [5.41, 5.74) is 13.5. The normalized spacial score (nSPS) is 27.9. The largest absolute Gasteiger partial charge is 0.399 e. The van der Waals surface area contributed by atoms with Gasteiger partial charge >= 0.3 is 0 Å². The molecule has 2 saturated carbocycles. The number of hydrogen-bond acceptors (Lipinski definition) is 7. The van der Waals surface area contributed by atoms with Crippen LogP contribution >= 0.6 is 10.7 Å². The van der Waals surface area contributed by atoms with Crippen molar-refractivity contribution < 1.29 is 16.8 Å². The van der Waals surface area contributed by atoms with E-state index in [2.05, 4.69) is 124 Å². The lowest BCUT2D eigenvalue weighted by Crippen LogP contribution is -2.28. The fourth-order valence-corrected chi connectivity index (χ4v) is 9.28. The second kappa shape index (κ2) is 14.5. The number of halogens is 1. The molecule has 11 heteroatoms. The minimum absolute atomic E-state index is 0.169. The fraction of sp³-hybridized carbons (Fsp3) is 0.400. The maximum atomic E-state index is 11.5. The Hall–Kier alpha value is -3.41. The van der Waals surface area contributed by atoms with Gasteiger partial charge in [-0.15, -0.1) is 0 Å². The van der Waals surface area contributed by atoms with Crippen molar-refractivity contribution in [1.29, 1.82) is 0 Å². The van der Waals surface area contributed by atoms with Crippen molar-refractivity contribution in [1.82, 2.24) is 9.80 Å². The van der Waals surface area contributed by atoms with E-state index in [-0.39, 0.29) is 5.41 Å². The zero-order valence-corrected chi connectivity index (χ0v) is 32.1. The van der Waals surface area contributed by atoms with Crippen LogP contribution in [0.15, 0.2) is 109 Å². The van der Waals surface area contributed by atoms with Gasteiger partial charge in [-0.05, 0) is 70.2 Å². The maximum Gasteiger partial charge on any atom is 0.229 e. The first kappa shape index (κ1) is 37.4. The van der Waals surface area contributed by atoms with E-state index in [9.17, 15) is 16.8 Å². The molecule has 0 bridgehead atoms. The summed E-state index contributed by atoms with van der Waals surface area (Å²) in [6, 6.07) is 37.8. The molecule has 0 spiro atoms. The first-order chi connectivity index (χ1) is 24.0. The van der Waals surface area contributed by atoms with Crippen LogP contribution in [0.1, 0.15) is 36.1 Å².